The number of nitrogens with zero attached hydrogens (tertiary/aromatic N) is 1. The Morgan fingerprint density at radius 2 is 2.06 bits per heavy atom. The van der Waals surface area contributed by atoms with E-state index in [4.69, 9.17) is 5.73 Å². The van der Waals surface area contributed by atoms with Gasteiger partial charge in [0.05, 0.1) is 11.7 Å². The van der Waals surface area contributed by atoms with Crippen LogP contribution < -0.4 is 5.73 Å². The number of hydrogen-bond acceptors (Lipinski definition) is 3. The molecule has 1 atom stereocenters. The molecule has 0 spiro atoms. The molecule has 0 bridgehead atoms. The Morgan fingerprint density at radius 1 is 1.35 bits per heavy atom. The predicted molar refractivity (Wildman–Crippen MR) is 77.1 cm³/mol. The maximum absolute atomic E-state index is 6.06. The topological polar surface area (TPSA) is 38.9 Å². The average Bonchev–Trinajstić information content (AvgIpc) is 2.80. The first kappa shape index (κ1) is 12.7. The van der Waals surface area contributed by atoms with Crippen LogP contribution in [0, 0.1) is 0 Å². The van der Waals surface area contributed by atoms with Gasteiger partial charge in [0.1, 0.15) is 5.01 Å². The van der Waals surface area contributed by atoms with Gasteiger partial charge in [-0.3, -0.25) is 0 Å². The SMILES string of the molecule is CCCC(N)c1nc(-c2ccc(Br)cc2)cs1. The summed E-state index contributed by atoms with van der Waals surface area (Å²) in [5, 5.41) is 3.11. The number of halogens is 1. The lowest BCUT2D eigenvalue weighted by molar-refractivity contribution is 0.635. The zero-order valence-electron chi connectivity index (χ0n) is 9.69. The predicted octanol–water partition coefficient (Wildman–Crippen LogP) is 4.37. The molecule has 1 aromatic heterocycles. The molecule has 0 amide bonds. The fourth-order valence-electron chi connectivity index (χ4n) is 1.65. The van der Waals surface area contributed by atoms with Gasteiger partial charge in [-0.05, 0) is 18.6 Å². The molecule has 1 unspecified atom stereocenters. The second-order valence-corrected chi connectivity index (χ2v) is 5.78. The van der Waals surface area contributed by atoms with Crippen LogP contribution in [-0.2, 0) is 0 Å². The maximum Gasteiger partial charge on any atom is 0.110 e. The zero-order valence-corrected chi connectivity index (χ0v) is 12.1. The van der Waals surface area contributed by atoms with Crippen molar-refractivity contribution in [3.05, 3.63) is 39.1 Å². The summed E-state index contributed by atoms with van der Waals surface area (Å²) in [5.74, 6) is 0. The number of aromatic nitrogens is 1. The molecular weight excluding hydrogens is 296 g/mol. The van der Waals surface area contributed by atoms with Crippen molar-refractivity contribution in [3.63, 3.8) is 0 Å². The number of hydrogen-bond donors (Lipinski definition) is 1. The van der Waals surface area contributed by atoms with E-state index >= 15 is 0 Å². The van der Waals surface area contributed by atoms with Gasteiger partial charge in [-0.2, -0.15) is 0 Å². The zero-order chi connectivity index (χ0) is 12.3. The monoisotopic (exact) mass is 310 g/mol. The first-order valence-electron chi connectivity index (χ1n) is 5.67. The third-order valence-electron chi connectivity index (χ3n) is 2.58. The Kier molecular flexibility index (Phi) is 4.31. The number of benzene rings is 1. The highest BCUT2D eigenvalue weighted by Crippen LogP contribution is 2.27. The summed E-state index contributed by atoms with van der Waals surface area (Å²) in [6.07, 6.45) is 2.08. The standard InChI is InChI=1S/C13H15BrN2S/c1-2-3-11(15)13-16-12(8-17-13)9-4-6-10(14)7-5-9/h4-8,11H,2-3,15H2,1H3. The third-order valence-corrected chi connectivity index (χ3v) is 4.08. The van der Waals surface area contributed by atoms with Crippen LogP contribution in [0.3, 0.4) is 0 Å². The second kappa shape index (κ2) is 5.76. The summed E-state index contributed by atoms with van der Waals surface area (Å²) in [6.45, 7) is 2.14. The van der Waals surface area contributed by atoms with E-state index in [1.54, 1.807) is 11.3 Å². The molecule has 90 valence electrons. The molecular formula is C13H15BrN2S. The largest absolute Gasteiger partial charge is 0.322 e. The molecule has 0 saturated heterocycles. The Morgan fingerprint density at radius 3 is 2.71 bits per heavy atom. The maximum atomic E-state index is 6.06. The van der Waals surface area contributed by atoms with Crippen molar-refractivity contribution in [3.8, 4) is 11.3 Å². The summed E-state index contributed by atoms with van der Waals surface area (Å²) in [4.78, 5) is 4.61. The summed E-state index contributed by atoms with van der Waals surface area (Å²) in [5.41, 5.74) is 8.22. The fourth-order valence-corrected chi connectivity index (χ4v) is 2.77. The van der Waals surface area contributed by atoms with Gasteiger partial charge in [0.2, 0.25) is 0 Å². The van der Waals surface area contributed by atoms with Gasteiger partial charge in [-0.1, -0.05) is 41.4 Å². The minimum absolute atomic E-state index is 0.0780. The highest BCUT2D eigenvalue weighted by molar-refractivity contribution is 9.10. The highest BCUT2D eigenvalue weighted by Gasteiger charge is 2.10. The van der Waals surface area contributed by atoms with Gasteiger partial charge in [0.15, 0.2) is 0 Å². The minimum atomic E-state index is 0.0780. The van der Waals surface area contributed by atoms with Crippen LogP contribution in [0.25, 0.3) is 11.3 Å². The van der Waals surface area contributed by atoms with E-state index in [0.717, 1.165) is 33.6 Å². The smallest absolute Gasteiger partial charge is 0.110 e. The molecule has 0 radical (unpaired) electrons. The van der Waals surface area contributed by atoms with Gasteiger partial charge in [-0.15, -0.1) is 11.3 Å². The van der Waals surface area contributed by atoms with Crippen LogP contribution in [0.5, 0.6) is 0 Å². The van der Waals surface area contributed by atoms with Crippen LogP contribution in [0.2, 0.25) is 0 Å². The molecule has 1 heterocycles. The fraction of sp³-hybridized carbons (Fsp3) is 0.308. The van der Waals surface area contributed by atoms with Crippen molar-refractivity contribution in [1.82, 2.24) is 4.98 Å². The van der Waals surface area contributed by atoms with Crippen molar-refractivity contribution < 1.29 is 0 Å². The van der Waals surface area contributed by atoms with E-state index < -0.39 is 0 Å². The summed E-state index contributed by atoms with van der Waals surface area (Å²) >= 11 is 5.08. The Balaban J connectivity index is 2.20. The molecule has 2 aromatic rings. The van der Waals surface area contributed by atoms with Crippen molar-refractivity contribution in [2.24, 2.45) is 5.73 Å². The molecule has 0 fully saturated rings. The van der Waals surface area contributed by atoms with Crippen molar-refractivity contribution >= 4 is 27.3 Å². The minimum Gasteiger partial charge on any atom is -0.322 e. The van der Waals surface area contributed by atoms with Gasteiger partial charge < -0.3 is 5.73 Å². The number of rotatable bonds is 4. The molecule has 4 heteroatoms. The quantitative estimate of drug-likeness (QED) is 0.910. The number of thiazole rings is 1. The van der Waals surface area contributed by atoms with E-state index in [-0.39, 0.29) is 6.04 Å². The van der Waals surface area contributed by atoms with Crippen LogP contribution in [0.1, 0.15) is 30.8 Å². The first-order valence-corrected chi connectivity index (χ1v) is 7.35. The van der Waals surface area contributed by atoms with Crippen LogP contribution in [0.4, 0.5) is 0 Å². The lowest BCUT2D eigenvalue weighted by Gasteiger charge is -2.05. The Hall–Kier alpha value is -0.710. The third kappa shape index (κ3) is 3.15. The normalized spacial score (nSPS) is 12.6. The van der Waals surface area contributed by atoms with E-state index in [9.17, 15) is 0 Å². The molecule has 0 aliphatic heterocycles. The van der Waals surface area contributed by atoms with Gasteiger partial charge in [0, 0.05) is 15.4 Å². The molecule has 2 rings (SSSR count). The van der Waals surface area contributed by atoms with Crippen LogP contribution in [-0.4, -0.2) is 4.98 Å². The average molecular weight is 311 g/mol. The van der Waals surface area contributed by atoms with E-state index in [1.165, 1.54) is 0 Å². The summed E-state index contributed by atoms with van der Waals surface area (Å²) in [7, 11) is 0. The van der Waals surface area contributed by atoms with Crippen molar-refractivity contribution in [2.45, 2.75) is 25.8 Å². The van der Waals surface area contributed by atoms with Crippen molar-refractivity contribution in [1.29, 1.82) is 0 Å². The lowest BCUT2D eigenvalue weighted by atomic mass is 10.1. The first-order chi connectivity index (χ1) is 8.20. The van der Waals surface area contributed by atoms with Crippen LogP contribution in [0.15, 0.2) is 34.1 Å². The molecule has 0 aliphatic rings. The Labute approximate surface area is 114 Å². The molecule has 0 aliphatic carbocycles. The Bertz CT molecular complexity index is 478. The van der Waals surface area contributed by atoms with Gasteiger partial charge in [-0.25, -0.2) is 4.98 Å². The van der Waals surface area contributed by atoms with E-state index in [0.29, 0.717) is 0 Å². The van der Waals surface area contributed by atoms with Crippen LogP contribution >= 0.6 is 27.3 Å². The van der Waals surface area contributed by atoms with E-state index in [2.05, 4.69) is 45.4 Å². The summed E-state index contributed by atoms with van der Waals surface area (Å²) < 4.78 is 1.08. The molecule has 2 nitrogen and oxygen atoms in total. The highest BCUT2D eigenvalue weighted by atomic mass is 79.9. The summed E-state index contributed by atoms with van der Waals surface area (Å²) in [6, 6.07) is 8.26. The molecule has 17 heavy (non-hydrogen) atoms. The van der Waals surface area contributed by atoms with Gasteiger partial charge in [0.25, 0.3) is 0 Å². The molecule has 0 saturated carbocycles. The van der Waals surface area contributed by atoms with Crippen molar-refractivity contribution in [2.75, 3.05) is 0 Å². The molecule has 2 N–H and O–H groups in total. The van der Waals surface area contributed by atoms with Gasteiger partial charge >= 0.3 is 0 Å². The second-order valence-electron chi connectivity index (χ2n) is 3.97. The lowest BCUT2D eigenvalue weighted by Crippen LogP contribution is -2.09. The number of nitrogens with two attached hydrogens (primary N) is 1. The molecule has 1 aromatic carbocycles. The van der Waals surface area contributed by atoms with E-state index in [1.807, 2.05) is 12.1 Å².